The Balaban J connectivity index is 0.00000289. The Morgan fingerprint density at radius 1 is 1.39 bits per heavy atom. The smallest absolute Gasteiger partial charge is 0.119 e. The molecule has 18 heavy (non-hydrogen) atoms. The van der Waals surface area contributed by atoms with Crippen molar-refractivity contribution in [1.29, 1.82) is 0 Å². The maximum absolute atomic E-state index is 10.6. The highest BCUT2D eigenvalue weighted by molar-refractivity contribution is 5.85. The summed E-state index contributed by atoms with van der Waals surface area (Å²) >= 11 is 0. The van der Waals surface area contributed by atoms with Gasteiger partial charge in [0, 0.05) is 12.5 Å². The first kappa shape index (κ1) is 17.2. The minimum atomic E-state index is -0.848. The van der Waals surface area contributed by atoms with E-state index in [1.807, 2.05) is 45.3 Å². The first-order valence-corrected chi connectivity index (χ1v) is 5.89. The largest absolute Gasteiger partial charge is 0.497 e. The van der Waals surface area contributed by atoms with Gasteiger partial charge >= 0.3 is 0 Å². The van der Waals surface area contributed by atoms with Crippen molar-refractivity contribution in [2.24, 2.45) is 5.92 Å². The van der Waals surface area contributed by atoms with Crippen molar-refractivity contribution in [1.82, 2.24) is 4.90 Å². The summed E-state index contributed by atoms with van der Waals surface area (Å²) in [5.41, 5.74) is 0.0462. The molecule has 0 heterocycles. The first-order valence-electron chi connectivity index (χ1n) is 5.89. The fourth-order valence-corrected chi connectivity index (χ4v) is 1.95. The molecule has 0 aliphatic rings. The third-order valence-electron chi connectivity index (χ3n) is 3.25. The fraction of sp³-hybridized carbons (Fsp3) is 0.571. The second kappa shape index (κ2) is 6.98. The van der Waals surface area contributed by atoms with Crippen molar-refractivity contribution in [3.8, 4) is 5.75 Å². The molecule has 4 heteroatoms. The summed E-state index contributed by atoms with van der Waals surface area (Å²) in [4.78, 5) is 2.08. The Bertz CT molecular complexity index is 367. The van der Waals surface area contributed by atoms with E-state index in [0.29, 0.717) is 0 Å². The predicted octanol–water partition coefficient (Wildman–Crippen LogP) is 2.52. The van der Waals surface area contributed by atoms with Gasteiger partial charge in [0.15, 0.2) is 0 Å². The van der Waals surface area contributed by atoms with Crippen molar-refractivity contribution in [2.45, 2.75) is 19.4 Å². The normalized spacial score (nSPS) is 15.7. The lowest BCUT2D eigenvalue weighted by atomic mass is 9.83. The Hall–Kier alpha value is -0.770. The van der Waals surface area contributed by atoms with Gasteiger partial charge in [-0.15, -0.1) is 12.4 Å². The van der Waals surface area contributed by atoms with E-state index in [1.165, 1.54) is 0 Å². The van der Waals surface area contributed by atoms with Crippen LogP contribution >= 0.6 is 12.4 Å². The number of rotatable bonds is 5. The van der Waals surface area contributed by atoms with Gasteiger partial charge in [0.25, 0.3) is 0 Å². The number of halogens is 1. The average Bonchev–Trinajstić information content (AvgIpc) is 2.28. The zero-order chi connectivity index (χ0) is 13.1. The van der Waals surface area contributed by atoms with E-state index in [9.17, 15) is 5.11 Å². The van der Waals surface area contributed by atoms with Gasteiger partial charge in [0.2, 0.25) is 0 Å². The van der Waals surface area contributed by atoms with Crippen LogP contribution in [0, 0.1) is 5.92 Å². The maximum Gasteiger partial charge on any atom is 0.119 e. The van der Waals surface area contributed by atoms with Gasteiger partial charge in [-0.05, 0) is 38.7 Å². The van der Waals surface area contributed by atoms with Gasteiger partial charge in [-0.1, -0.05) is 19.1 Å². The Morgan fingerprint density at radius 3 is 2.50 bits per heavy atom. The van der Waals surface area contributed by atoms with Crippen molar-refractivity contribution < 1.29 is 9.84 Å². The van der Waals surface area contributed by atoms with Crippen LogP contribution in [0.1, 0.15) is 19.4 Å². The van der Waals surface area contributed by atoms with Crippen molar-refractivity contribution in [3.63, 3.8) is 0 Å². The van der Waals surface area contributed by atoms with Gasteiger partial charge in [-0.25, -0.2) is 0 Å². The summed E-state index contributed by atoms with van der Waals surface area (Å²) in [5, 5.41) is 10.6. The molecule has 0 bridgehead atoms. The topological polar surface area (TPSA) is 32.7 Å². The van der Waals surface area contributed by atoms with Crippen LogP contribution in [0.15, 0.2) is 24.3 Å². The molecule has 0 spiro atoms. The van der Waals surface area contributed by atoms with Crippen molar-refractivity contribution in [2.75, 3.05) is 27.7 Å². The first-order chi connectivity index (χ1) is 7.87. The number of ether oxygens (including phenoxy) is 1. The number of nitrogens with zero attached hydrogens (tertiary/aromatic N) is 1. The molecule has 0 amide bonds. The fourth-order valence-electron chi connectivity index (χ4n) is 1.95. The molecule has 1 aromatic carbocycles. The number of hydrogen-bond donors (Lipinski definition) is 1. The van der Waals surface area contributed by atoms with E-state index in [-0.39, 0.29) is 18.3 Å². The summed E-state index contributed by atoms with van der Waals surface area (Å²) in [7, 11) is 5.66. The number of aliphatic hydroxyl groups is 1. The molecule has 104 valence electrons. The third-order valence-corrected chi connectivity index (χ3v) is 3.25. The summed E-state index contributed by atoms with van der Waals surface area (Å²) in [6.07, 6.45) is 0. The van der Waals surface area contributed by atoms with Gasteiger partial charge < -0.3 is 14.7 Å². The highest BCUT2D eigenvalue weighted by Crippen LogP contribution is 2.31. The van der Waals surface area contributed by atoms with Gasteiger partial charge in [0.1, 0.15) is 5.75 Å². The average molecular weight is 274 g/mol. The van der Waals surface area contributed by atoms with Gasteiger partial charge in [0.05, 0.1) is 12.7 Å². The molecule has 2 atom stereocenters. The van der Waals surface area contributed by atoms with Crippen LogP contribution < -0.4 is 4.74 Å². The molecule has 1 rings (SSSR count). The molecule has 0 saturated carbocycles. The van der Waals surface area contributed by atoms with Crippen LogP contribution in [-0.2, 0) is 5.60 Å². The molecule has 1 aromatic rings. The Morgan fingerprint density at radius 2 is 2.00 bits per heavy atom. The molecule has 0 fully saturated rings. The molecule has 1 N–H and O–H groups in total. The SMILES string of the molecule is COc1cccc(C(C)(O)C(C)CN(C)C)c1.Cl. The summed E-state index contributed by atoms with van der Waals surface area (Å²) < 4.78 is 5.19. The molecule has 0 aliphatic heterocycles. The molecule has 0 saturated heterocycles. The number of hydrogen-bond acceptors (Lipinski definition) is 3. The molecule has 0 aliphatic carbocycles. The molecule has 2 unspecified atom stereocenters. The molecule has 0 aromatic heterocycles. The van der Waals surface area contributed by atoms with Crippen LogP contribution in [0.4, 0.5) is 0 Å². The molecule has 0 radical (unpaired) electrons. The maximum atomic E-state index is 10.6. The summed E-state index contributed by atoms with van der Waals surface area (Å²) in [6, 6.07) is 7.63. The van der Waals surface area contributed by atoms with Gasteiger partial charge in [-0.3, -0.25) is 0 Å². The van der Waals surface area contributed by atoms with E-state index < -0.39 is 5.60 Å². The lowest BCUT2D eigenvalue weighted by Crippen LogP contribution is -2.36. The van der Waals surface area contributed by atoms with Crippen molar-refractivity contribution in [3.05, 3.63) is 29.8 Å². The van der Waals surface area contributed by atoms with E-state index in [0.717, 1.165) is 17.9 Å². The molecule has 3 nitrogen and oxygen atoms in total. The summed E-state index contributed by atoms with van der Waals surface area (Å²) in [6.45, 7) is 4.75. The van der Waals surface area contributed by atoms with Gasteiger partial charge in [-0.2, -0.15) is 0 Å². The third kappa shape index (κ3) is 4.16. The quantitative estimate of drug-likeness (QED) is 0.895. The Labute approximate surface area is 116 Å². The minimum absolute atomic E-state index is 0. The lowest BCUT2D eigenvalue weighted by Gasteiger charge is -2.32. The molecular weight excluding hydrogens is 250 g/mol. The lowest BCUT2D eigenvalue weighted by molar-refractivity contribution is -0.00792. The van der Waals surface area contributed by atoms with Crippen LogP contribution in [0.5, 0.6) is 5.75 Å². The zero-order valence-electron chi connectivity index (χ0n) is 11.8. The monoisotopic (exact) mass is 273 g/mol. The van der Waals surface area contributed by atoms with E-state index >= 15 is 0 Å². The Kier molecular flexibility index (Phi) is 6.68. The molecular formula is C14H24ClNO2. The standard InChI is InChI=1S/C14H23NO2.ClH/c1-11(10-15(3)4)14(2,16)12-7-6-8-13(9-12)17-5;/h6-9,11,16H,10H2,1-5H3;1H. The van der Waals surface area contributed by atoms with Crippen LogP contribution in [0.3, 0.4) is 0 Å². The van der Waals surface area contributed by atoms with E-state index in [4.69, 9.17) is 4.74 Å². The van der Waals surface area contributed by atoms with Crippen LogP contribution in [0.25, 0.3) is 0 Å². The summed E-state index contributed by atoms with van der Waals surface area (Å²) in [5.74, 6) is 0.921. The second-order valence-corrected chi connectivity index (χ2v) is 5.04. The van der Waals surface area contributed by atoms with E-state index in [2.05, 4.69) is 11.8 Å². The highest BCUT2D eigenvalue weighted by Gasteiger charge is 2.30. The van der Waals surface area contributed by atoms with E-state index in [1.54, 1.807) is 7.11 Å². The highest BCUT2D eigenvalue weighted by atomic mass is 35.5. The zero-order valence-corrected chi connectivity index (χ0v) is 12.6. The van der Waals surface area contributed by atoms with Crippen LogP contribution in [-0.4, -0.2) is 37.8 Å². The minimum Gasteiger partial charge on any atom is -0.497 e. The second-order valence-electron chi connectivity index (χ2n) is 5.04. The number of methoxy groups -OCH3 is 1. The van der Waals surface area contributed by atoms with Crippen molar-refractivity contribution >= 4 is 12.4 Å². The van der Waals surface area contributed by atoms with Crippen LogP contribution in [0.2, 0.25) is 0 Å². The number of benzene rings is 1. The predicted molar refractivity (Wildman–Crippen MR) is 77.5 cm³/mol.